The first-order valence-electron chi connectivity index (χ1n) is 2.48. The molecule has 1 N–H and O–H groups in total. The normalized spacial score (nSPS) is 10.3. The molecule has 11 heavy (non-hydrogen) atoms. The van der Waals surface area contributed by atoms with Crippen molar-refractivity contribution in [2.45, 2.75) is 4.90 Å². The van der Waals surface area contributed by atoms with Crippen LogP contribution in [-0.2, 0) is 10.1 Å². The quantitative estimate of drug-likeness (QED) is 0.488. The Kier molecular flexibility index (Phi) is 4.20. The van der Waals surface area contributed by atoms with Crippen LogP contribution in [0.3, 0.4) is 0 Å². The van der Waals surface area contributed by atoms with Crippen LogP contribution in [0, 0.1) is 0 Å². The summed E-state index contributed by atoms with van der Waals surface area (Å²) in [6.07, 6.45) is 2.59. The van der Waals surface area contributed by atoms with Gasteiger partial charge in [-0.3, -0.25) is 9.54 Å². The number of rotatable bonds is 1. The van der Waals surface area contributed by atoms with Gasteiger partial charge in [-0.1, -0.05) is 0 Å². The standard InChI is InChI=1S/C5H5NO3S.Na/c7-10(8,9)5-1-3-6-4-2-5;/h1-4H,(H,7,8,9);. The molecule has 0 bridgehead atoms. The van der Waals surface area contributed by atoms with E-state index in [1.165, 1.54) is 24.5 Å². The van der Waals surface area contributed by atoms with E-state index in [-0.39, 0.29) is 34.5 Å². The molecule has 0 spiro atoms. The third kappa shape index (κ3) is 3.31. The van der Waals surface area contributed by atoms with Gasteiger partial charge in [0.05, 0.1) is 4.90 Å². The Morgan fingerprint density at radius 3 is 2.00 bits per heavy atom. The summed E-state index contributed by atoms with van der Waals surface area (Å²) in [5, 5.41) is 0. The Bertz CT molecular complexity index is 310. The molecule has 0 amide bonds. The van der Waals surface area contributed by atoms with E-state index in [1.54, 1.807) is 0 Å². The summed E-state index contributed by atoms with van der Waals surface area (Å²) in [4.78, 5) is 3.45. The number of pyridine rings is 1. The van der Waals surface area contributed by atoms with E-state index >= 15 is 0 Å². The van der Waals surface area contributed by atoms with Crippen LogP contribution < -0.4 is 0 Å². The second kappa shape index (κ2) is 4.18. The van der Waals surface area contributed by atoms with Gasteiger partial charge in [0, 0.05) is 42.0 Å². The van der Waals surface area contributed by atoms with Gasteiger partial charge in [0.2, 0.25) is 0 Å². The second-order valence-electron chi connectivity index (χ2n) is 1.66. The number of nitrogens with zero attached hydrogens (tertiary/aromatic N) is 1. The molecule has 0 saturated heterocycles. The van der Waals surface area contributed by atoms with Crippen molar-refractivity contribution < 1.29 is 13.0 Å². The zero-order valence-electron chi connectivity index (χ0n) is 5.93. The average Bonchev–Trinajstić information content (AvgIpc) is 1.88. The Morgan fingerprint density at radius 2 is 1.73 bits per heavy atom. The predicted molar refractivity (Wildman–Crippen MR) is 39.8 cm³/mol. The summed E-state index contributed by atoms with van der Waals surface area (Å²) in [6.45, 7) is 0. The maximum absolute atomic E-state index is 10.4. The third-order valence-electron chi connectivity index (χ3n) is 0.948. The minimum atomic E-state index is -4.04. The van der Waals surface area contributed by atoms with Crippen LogP contribution >= 0.6 is 0 Å². The molecule has 4 nitrogen and oxygen atoms in total. The first-order valence-corrected chi connectivity index (χ1v) is 3.92. The summed E-state index contributed by atoms with van der Waals surface area (Å²) in [5.41, 5.74) is 0. The van der Waals surface area contributed by atoms with Gasteiger partial charge in [-0.15, -0.1) is 0 Å². The van der Waals surface area contributed by atoms with Crippen molar-refractivity contribution in [1.29, 1.82) is 0 Å². The fraction of sp³-hybridized carbons (Fsp3) is 0. The third-order valence-corrected chi connectivity index (χ3v) is 1.82. The Labute approximate surface area is 86.7 Å². The first-order chi connectivity index (χ1) is 4.61. The maximum Gasteiger partial charge on any atom is 0.294 e. The van der Waals surface area contributed by atoms with Gasteiger partial charge in [-0.2, -0.15) is 8.42 Å². The molecule has 1 radical (unpaired) electrons. The molecule has 0 unspecified atom stereocenters. The van der Waals surface area contributed by atoms with Crippen molar-refractivity contribution in [2.24, 2.45) is 0 Å². The number of hydrogen-bond donors (Lipinski definition) is 1. The average molecular weight is 182 g/mol. The van der Waals surface area contributed by atoms with E-state index in [9.17, 15) is 8.42 Å². The van der Waals surface area contributed by atoms with Crippen LogP contribution in [0.5, 0.6) is 0 Å². The molecule has 1 rings (SSSR count). The summed E-state index contributed by atoms with van der Waals surface area (Å²) in [5.74, 6) is 0. The van der Waals surface area contributed by atoms with E-state index in [2.05, 4.69) is 4.98 Å². The molecule has 0 aliphatic heterocycles. The largest absolute Gasteiger partial charge is 0.294 e. The summed E-state index contributed by atoms with van der Waals surface area (Å²) >= 11 is 0. The summed E-state index contributed by atoms with van der Waals surface area (Å²) in [6, 6.07) is 2.44. The van der Waals surface area contributed by atoms with Gasteiger partial charge in [-0.05, 0) is 12.1 Å². The SMILES string of the molecule is O=S(=O)(O)c1ccncc1.[Na]. The van der Waals surface area contributed by atoms with Crippen LogP contribution in [0.4, 0.5) is 0 Å². The van der Waals surface area contributed by atoms with Crippen molar-refractivity contribution >= 4 is 39.7 Å². The Morgan fingerprint density at radius 1 is 1.27 bits per heavy atom. The van der Waals surface area contributed by atoms with Crippen molar-refractivity contribution in [3.8, 4) is 0 Å². The molecule has 0 aliphatic rings. The zero-order chi connectivity index (χ0) is 7.61. The van der Waals surface area contributed by atoms with Crippen LogP contribution in [0.25, 0.3) is 0 Å². The fourth-order valence-corrected chi connectivity index (χ4v) is 0.976. The number of hydrogen-bond acceptors (Lipinski definition) is 3. The van der Waals surface area contributed by atoms with E-state index < -0.39 is 10.1 Å². The molecular formula is C5H5NNaO3S. The minimum Gasteiger partial charge on any atom is -0.282 e. The predicted octanol–water partition coefficient (Wildman–Crippen LogP) is -0.0525. The van der Waals surface area contributed by atoms with Crippen molar-refractivity contribution in [3.63, 3.8) is 0 Å². The minimum absolute atomic E-state index is 0. The monoisotopic (exact) mass is 182 g/mol. The van der Waals surface area contributed by atoms with Crippen molar-refractivity contribution in [3.05, 3.63) is 24.5 Å². The fourth-order valence-electron chi connectivity index (χ4n) is 0.510. The van der Waals surface area contributed by atoms with Crippen LogP contribution in [0.2, 0.25) is 0 Å². The van der Waals surface area contributed by atoms with Crippen LogP contribution in [-0.4, -0.2) is 47.5 Å². The molecule has 1 aromatic rings. The summed E-state index contributed by atoms with van der Waals surface area (Å²) < 4.78 is 29.2. The molecule has 0 aromatic carbocycles. The topological polar surface area (TPSA) is 67.3 Å². The summed E-state index contributed by atoms with van der Waals surface area (Å²) in [7, 11) is -4.04. The van der Waals surface area contributed by atoms with Crippen molar-refractivity contribution in [1.82, 2.24) is 4.98 Å². The maximum atomic E-state index is 10.4. The van der Waals surface area contributed by atoms with E-state index in [1.807, 2.05) is 0 Å². The van der Waals surface area contributed by atoms with Crippen LogP contribution in [0.15, 0.2) is 29.4 Å². The molecular weight excluding hydrogens is 177 g/mol. The second-order valence-corrected chi connectivity index (χ2v) is 3.08. The van der Waals surface area contributed by atoms with E-state index in [0.29, 0.717) is 0 Å². The molecule has 55 valence electrons. The Hall–Kier alpha value is 0.0600. The Balaban J connectivity index is 0.000001000. The molecule has 1 aromatic heterocycles. The molecule has 6 heteroatoms. The van der Waals surface area contributed by atoms with E-state index in [4.69, 9.17) is 4.55 Å². The van der Waals surface area contributed by atoms with Gasteiger partial charge in [0.15, 0.2) is 0 Å². The molecule has 0 fully saturated rings. The smallest absolute Gasteiger partial charge is 0.282 e. The number of aromatic nitrogens is 1. The van der Waals surface area contributed by atoms with E-state index in [0.717, 1.165) is 0 Å². The van der Waals surface area contributed by atoms with Gasteiger partial charge in [0.1, 0.15) is 0 Å². The van der Waals surface area contributed by atoms with Gasteiger partial charge in [0.25, 0.3) is 10.1 Å². The molecule has 1 heterocycles. The first kappa shape index (κ1) is 11.1. The van der Waals surface area contributed by atoms with Gasteiger partial charge < -0.3 is 0 Å². The van der Waals surface area contributed by atoms with Gasteiger partial charge in [-0.25, -0.2) is 0 Å². The van der Waals surface area contributed by atoms with Crippen molar-refractivity contribution in [2.75, 3.05) is 0 Å². The molecule has 0 atom stereocenters. The molecule has 0 saturated carbocycles. The van der Waals surface area contributed by atoms with Gasteiger partial charge >= 0.3 is 0 Å². The zero-order valence-corrected chi connectivity index (χ0v) is 8.75. The van der Waals surface area contributed by atoms with Crippen LogP contribution in [0.1, 0.15) is 0 Å². The molecule has 0 aliphatic carbocycles.